The fourth-order valence-electron chi connectivity index (χ4n) is 4.39. The molecule has 0 aliphatic heterocycles. The first kappa shape index (κ1) is 55.2. The molecule has 0 bridgehead atoms. The average molecular weight is 902 g/mol. The van der Waals surface area contributed by atoms with E-state index in [0.29, 0.717) is 32.4 Å². The summed E-state index contributed by atoms with van der Waals surface area (Å²) in [6, 6.07) is 37.6. The van der Waals surface area contributed by atoms with Crippen LogP contribution in [0.5, 0.6) is 11.8 Å². The van der Waals surface area contributed by atoms with Crippen LogP contribution in [0.4, 0.5) is 16.0 Å². The van der Waals surface area contributed by atoms with E-state index in [4.69, 9.17) is 15.2 Å². The number of halogens is 1. The van der Waals surface area contributed by atoms with Gasteiger partial charge in [-0.05, 0) is 138 Å². The van der Waals surface area contributed by atoms with Gasteiger partial charge in [0, 0.05) is 88.1 Å². The van der Waals surface area contributed by atoms with Crippen LogP contribution < -0.4 is 20.1 Å². The molecule has 8 rings (SSSR count). The molecule has 0 aliphatic carbocycles. The second kappa shape index (κ2) is 33.8. The normalized spacial score (nSPS) is 9.08. The molecule has 64 heavy (non-hydrogen) atoms. The van der Waals surface area contributed by atoms with Crippen molar-refractivity contribution < 1.29 is 13.9 Å². The van der Waals surface area contributed by atoms with Gasteiger partial charge in [0.1, 0.15) is 17.5 Å². The van der Waals surface area contributed by atoms with Gasteiger partial charge in [0.05, 0.1) is 19.9 Å². The zero-order valence-electron chi connectivity index (χ0n) is 39.3. The summed E-state index contributed by atoms with van der Waals surface area (Å²) < 4.78 is 23.5. The highest BCUT2D eigenvalue weighted by molar-refractivity contribution is 7.13. The quantitative estimate of drug-likeness (QED) is 0.170. The van der Waals surface area contributed by atoms with Crippen molar-refractivity contribution in [3.63, 3.8) is 0 Å². The molecule has 0 saturated carbocycles. The first-order valence-corrected chi connectivity index (χ1v) is 22.3. The second-order valence-electron chi connectivity index (χ2n) is 13.6. The summed E-state index contributed by atoms with van der Waals surface area (Å²) in [7, 11) is 7.76. The lowest BCUT2D eigenvalue weighted by atomic mass is 10.3. The van der Waals surface area contributed by atoms with E-state index < -0.39 is 0 Å². The molecular weight excluding hydrogens is 838 g/mol. The van der Waals surface area contributed by atoms with Crippen LogP contribution in [0.15, 0.2) is 151 Å². The summed E-state index contributed by atoms with van der Waals surface area (Å²) in [4.78, 5) is 30.0. The Bertz CT molecular complexity index is 2280. The van der Waals surface area contributed by atoms with Crippen LogP contribution in [-0.2, 0) is 0 Å². The minimum absolute atomic E-state index is 0.243. The van der Waals surface area contributed by atoms with Gasteiger partial charge in [-0.25, -0.2) is 24.3 Å². The maximum atomic E-state index is 12.3. The maximum Gasteiger partial charge on any atom is 0.213 e. The van der Waals surface area contributed by atoms with Crippen molar-refractivity contribution in [3.05, 3.63) is 201 Å². The van der Waals surface area contributed by atoms with Gasteiger partial charge in [-0.1, -0.05) is 42.1 Å². The van der Waals surface area contributed by atoms with Gasteiger partial charge >= 0.3 is 0 Å². The molecule has 11 nitrogen and oxygen atoms in total. The number of aryl methyl sites for hydroxylation is 8. The number of methoxy groups -OCH3 is 2. The Morgan fingerprint density at radius 3 is 1.30 bits per heavy atom. The van der Waals surface area contributed by atoms with Crippen molar-refractivity contribution in [3.8, 4) is 11.8 Å². The lowest BCUT2D eigenvalue weighted by Crippen LogP contribution is -2.10. The van der Waals surface area contributed by atoms with Crippen molar-refractivity contribution in [1.29, 1.82) is 0 Å². The van der Waals surface area contributed by atoms with Crippen LogP contribution in [0.25, 0.3) is 0 Å². The van der Waals surface area contributed by atoms with Crippen molar-refractivity contribution in [1.82, 2.24) is 34.9 Å². The zero-order valence-corrected chi connectivity index (χ0v) is 41.2. The van der Waals surface area contributed by atoms with Crippen LogP contribution in [0, 0.1) is 61.2 Å². The summed E-state index contributed by atoms with van der Waals surface area (Å²) in [5.41, 5.74) is 14.3. The lowest BCUT2D eigenvalue weighted by molar-refractivity contribution is 0.397. The summed E-state index contributed by atoms with van der Waals surface area (Å²) in [5, 5.41) is 2.17. The molecule has 0 atom stereocenters. The Labute approximate surface area is 386 Å². The van der Waals surface area contributed by atoms with Gasteiger partial charge in [-0.3, -0.25) is 15.0 Å². The molecule has 2 N–H and O–H groups in total. The van der Waals surface area contributed by atoms with Crippen LogP contribution in [0.2, 0.25) is 0 Å². The highest BCUT2D eigenvalue weighted by atomic mass is 32.1. The molecule has 0 spiro atoms. The predicted octanol–water partition coefficient (Wildman–Crippen LogP) is 10.7. The van der Waals surface area contributed by atoms with Crippen LogP contribution >= 0.6 is 11.3 Å². The number of rotatable bonds is 3. The highest BCUT2D eigenvalue weighted by Crippen LogP contribution is 2.07. The standard InChI is InChI=1S/C8H12N2.C7H9NO.C7H9N.C6H6FN.C6H8N2.C6H7NO.C6H7N.C4H6SSi/c1-7-5-4-6-8(9-7)10(2)3;1-6-4-3-5-7(8-6)9-2;1-6-4-3-5-7(2)8-6;1-5-6(7)3-2-4-8-5;1-5-3-2-4-6(7)8-5;1-8-6-4-2-3-5-7-6;1-6-4-2-3-5-7-6;1-4-5-2-3-6-4/h4-6H,1-3H3;3-5H,1-2H3;3-5H,1-2H3;2-4H,1H3;2-4H,1H3,(H2,7,8);2-5H,1H3;2-5H,1H3;2-3,6H,1H3. The summed E-state index contributed by atoms with van der Waals surface area (Å²) >= 11 is 1.87. The molecule has 14 heteroatoms. The minimum atomic E-state index is -0.243. The molecule has 8 aromatic rings. The number of ether oxygens (including phenoxy) is 2. The van der Waals surface area contributed by atoms with Gasteiger partial charge in [0.2, 0.25) is 11.8 Å². The van der Waals surface area contributed by atoms with Crippen LogP contribution in [0.1, 0.15) is 44.3 Å². The monoisotopic (exact) mass is 901 g/mol. The second-order valence-corrected chi connectivity index (χ2v) is 16.8. The predicted molar refractivity (Wildman–Crippen MR) is 266 cm³/mol. The fraction of sp³-hybridized carbons (Fsp3) is 0.240. The van der Waals surface area contributed by atoms with Gasteiger partial charge < -0.3 is 20.1 Å². The Hall–Kier alpha value is -6.77. The van der Waals surface area contributed by atoms with Crippen molar-refractivity contribution >= 4 is 32.1 Å². The van der Waals surface area contributed by atoms with Crippen molar-refractivity contribution in [2.24, 2.45) is 0 Å². The number of aromatic nitrogens is 7. The average Bonchev–Trinajstić information content (AvgIpc) is 3.77. The number of hydrogen-bond donors (Lipinski definition) is 1. The molecule has 338 valence electrons. The number of nitrogens with two attached hydrogens (primary N) is 1. The smallest absolute Gasteiger partial charge is 0.213 e. The third kappa shape index (κ3) is 28.7. The van der Waals surface area contributed by atoms with Gasteiger partial charge in [0.15, 0.2) is 0 Å². The lowest BCUT2D eigenvalue weighted by Gasteiger charge is -2.10. The SMILES string of the molecule is COc1cccc(C)n1.COc1ccccn1.Cc1[siH]ccs1.Cc1cccc(C)n1.Cc1cccc(N(C)C)n1.Cc1cccc(N)n1.Cc1ccccn1.Cc1ncccc1F. The van der Waals surface area contributed by atoms with E-state index in [9.17, 15) is 4.39 Å². The van der Waals surface area contributed by atoms with E-state index >= 15 is 0 Å². The van der Waals surface area contributed by atoms with E-state index in [1.807, 2.05) is 169 Å². The Kier molecular flexibility index (Phi) is 29.2. The van der Waals surface area contributed by atoms with Gasteiger partial charge in [-0.2, -0.15) is 11.3 Å². The number of anilines is 2. The van der Waals surface area contributed by atoms with Crippen LogP contribution in [0.3, 0.4) is 0 Å². The summed E-state index contributed by atoms with van der Waals surface area (Å²) in [5.74, 6) is 2.69. The van der Waals surface area contributed by atoms with E-state index in [2.05, 4.69) is 52.9 Å². The molecule has 0 aromatic carbocycles. The molecule has 8 heterocycles. The first-order chi connectivity index (χ1) is 30.6. The van der Waals surface area contributed by atoms with Gasteiger partial charge in [-0.15, -0.1) is 0 Å². The fourth-order valence-corrected chi connectivity index (χ4v) is 6.29. The molecule has 0 unspecified atom stereocenters. The molecule has 0 amide bonds. The van der Waals surface area contributed by atoms with Gasteiger partial charge in [0.25, 0.3) is 0 Å². The number of pyridine rings is 7. The Morgan fingerprint density at radius 2 is 1.02 bits per heavy atom. The number of hydrogen-bond acceptors (Lipinski definition) is 12. The molecule has 0 aliphatic rings. The summed E-state index contributed by atoms with van der Waals surface area (Å²) in [6.07, 6.45) is 5.05. The third-order valence-corrected chi connectivity index (χ3v) is 10.2. The molecule has 0 saturated heterocycles. The number of nitrogens with zero attached hydrogens (tertiary/aromatic N) is 8. The van der Waals surface area contributed by atoms with E-state index in [0.717, 1.165) is 40.0 Å². The third-order valence-electron chi connectivity index (χ3n) is 7.61. The summed E-state index contributed by atoms with van der Waals surface area (Å²) in [6.45, 7) is 15.6. The van der Waals surface area contributed by atoms with Crippen molar-refractivity contribution in [2.45, 2.75) is 55.4 Å². The molecule has 0 fully saturated rings. The molecular formula is C50H64FN9O2SSi. The number of nitrogen functional groups attached to an aromatic ring is 1. The van der Waals surface area contributed by atoms with Crippen LogP contribution in [-0.4, -0.2) is 72.3 Å². The maximum absolute atomic E-state index is 12.3. The molecule has 8 aromatic heterocycles. The largest absolute Gasteiger partial charge is 0.481 e. The molecule has 0 radical (unpaired) electrons. The van der Waals surface area contributed by atoms with E-state index in [1.165, 1.54) is 6.07 Å². The topological polar surface area (TPSA) is 138 Å². The first-order valence-electron chi connectivity index (χ1n) is 20.2. The van der Waals surface area contributed by atoms with E-state index in [-0.39, 0.29) is 5.82 Å². The highest BCUT2D eigenvalue weighted by Gasteiger charge is 1.94. The Balaban J connectivity index is 0.000000367. The van der Waals surface area contributed by atoms with Crippen molar-refractivity contribution in [2.75, 3.05) is 38.9 Å². The Morgan fingerprint density at radius 1 is 0.516 bits per heavy atom. The van der Waals surface area contributed by atoms with E-state index in [1.54, 1.807) is 62.4 Å². The minimum Gasteiger partial charge on any atom is -0.481 e. The zero-order chi connectivity index (χ0) is 47.5.